The molecule has 3 N–H and O–H groups in total. The minimum atomic E-state index is -0.607. The smallest absolute Gasteiger partial charge is 0.314 e. The number of nitrogens with one attached hydrogen (secondary N) is 3. The first-order valence-electron chi connectivity index (χ1n) is 7.59. The van der Waals surface area contributed by atoms with Gasteiger partial charge in [0.1, 0.15) is 0 Å². The maximum atomic E-state index is 11.5. The van der Waals surface area contributed by atoms with E-state index in [1.807, 2.05) is 18.2 Å². The Hall–Kier alpha value is -1.88. The van der Waals surface area contributed by atoms with Crippen LogP contribution >= 0.6 is 0 Å². The van der Waals surface area contributed by atoms with Gasteiger partial charge in [-0.05, 0) is 48.9 Å². The molecule has 0 saturated heterocycles. The Balaban J connectivity index is 2.02. The van der Waals surface area contributed by atoms with Crippen molar-refractivity contribution in [3.05, 3.63) is 44.5 Å². The Kier molecular flexibility index (Phi) is 3.68. The van der Waals surface area contributed by atoms with Crippen molar-refractivity contribution in [2.75, 3.05) is 6.54 Å². The van der Waals surface area contributed by atoms with Crippen LogP contribution < -0.4 is 16.4 Å². The van der Waals surface area contributed by atoms with Crippen molar-refractivity contribution in [2.45, 2.75) is 32.7 Å². The van der Waals surface area contributed by atoms with Gasteiger partial charge in [0.25, 0.3) is 0 Å². The van der Waals surface area contributed by atoms with Crippen LogP contribution in [-0.4, -0.2) is 16.5 Å². The summed E-state index contributed by atoms with van der Waals surface area (Å²) in [5.41, 5.74) is 1.30. The number of rotatable bonds is 5. The summed E-state index contributed by atoms with van der Waals surface area (Å²) in [7, 11) is 0. The molecule has 0 amide bonds. The highest BCUT2D eigenvalue weighted by molar-refractivity contribution is 5.74. The van der Waals surface area contributed by atoms with E-state index in [4.69, 9.17) is 0 Å². The predicted octanol–water partition coefficient (Wildman–Crippen LogP) is 1.91. The highest BCUT2D eigenvalue weighted by atomic mass is 16.2. The Bertz CT molecular complexity index is 758. The molecule has 0 spiro atoms. The van der Waals surface area contributed by atoms with Crippen LogP contribution in [0.3, 0.4) is 0 Å². The van der Waals surface area contributed by atoms with Crippen molar-refractivity contribution in [1.29, 1.82) is 0 Å². The van der Waals surface area contributed by atoms with Crippen molar-refractivity contribution in [3.63, 3.8) is 0 Å². The number of aromatic amines is 2. The van der Waals surface area contributed by atoms with Crippen molar-refractivity contribution in [3.8, 4) is 0 Å². The van der Waals surface area contributed by atoms with Gasteiger partial charge in [-0.25, -0.2) is 0 Å². The molecule has 1 heterocycles. The van der Waals surface area contributed by atoms with Gasteiger partial charge in [-0.1, -0.05) is 19.9 Å². The molecule has 0 bridgehead atoms. The molecule has 2 unspecified atom stereocenters. The highest BCUT2D eigenvalue weighted by Gasteiger charge is 2.33. The Morgan fingerprint density at radius 2 is 1.86 bits per heavy atom. The highest BCUT2D eigenvalue weighted by Crippen LogP contribution is 2.42. The first-order chi connectivity index (χ1) is 10.1. The van der Waals surface area contributed by atoms with Crippen LogP contribution in [0.1, 0.15) is 38.3 Å². The lowest BCUT2D eigenvalue weighted by atomic mass is 9.90. The lowest BCUT2D eigenvalue weighted by Gasteiger charge is -2.25. The van der Waals surface area contributed by atoms with Gasteiger partial charge in [0.15, 0.2) is 0 Å². The maximum Gasteiger partial charge on any atom is 0.314 e. The average molecular weight is 287 g/mol. The van der Waals surface area contributed by atoms with Crippen LogP contribution in [0, 0.1) is 11.8 Å². The van der Waals surface area contributed by atoms with Crippen LogP contribution in [0.25, 0.3) is 11.0 Å². The summed E-state index contributed by atoms with van der Waals surface area (Å²) in [6.45, 7) is 5.29. The Morgan fingerprint density at radius 1 is 1.19 bits per heavy atom. The molecule has 1 aromatic carbocycles. The second-order valence-electron chi connectivity index (χ2n) is 5.95. The molecule has 1 aliphatic rings. The van der Waals surface area contributed by atoms with Crippen molar-refractivity contribution in [2.24, 2.45) is 11.8 Å². The summed E-state index contributed by atoms with van der Waals surface area (Å²) in [4.78, 5) is 28.1. The molecule has 5 nitrogen and oxygen atoms in total. The summed E-state index contributed by atoms with van der Waals surface area (Å²) in [6.07, 6.45) is 2.61. The van der Waals surface area contributed by atoms with E-state index >= 15 is 0 Å². The maximum absolute atomic E-state index is 11.5. The van der Waals surface area contributed by atoms with E-state index in [0.29, 0.717) is 17.0 Å². The number of hydrogen-bond donors (Lipinski definition) is 3. The minimum Gasteiger partial charge on any atom is -0.316 e. The van der Waals surface area contributed by atoms with Gasteiger partial charge in [0, 0.05) is 6.04 Å². The predicted molar refractivity (Wildman–Crippen MR) is 83.5 cm³/mol. The molecule has 0 radical (unpaired) electrons. The van der Waals surface area contributed by atoms with Crippen molar-refractivity contribution in [1.82, 2.24) is 15.3 Å². The summed E-state index contributed by atoms with van der Waals surface area (Å²) >= 11 is 0. The first kappa shape index (κ1) is 14.1. The molecule has 1 saturated carbocycles. The quantitative estimate of drug-likeness (QED) is 0.735. The lowest BCUT2D eigenvalue weighted by molar-refractivity contribution is 0.355. The molecule has 1 aromatic heterocycles. The van der Waals surface area contributed by atoms with Crippen molar-refractivity contribution < 1.29 is 0 Å². The first-order valence-corrected chi connectivity index (χ1v) is 7.59. The standard InChI is InChI=1S/C16H21N3O2/c1-3-17-14(9(2)10-4-5-10)11-6-7-12-13(8-11)19-16(21)15(20)18-12/h6-10,14,17H,3-5H2,1-2H3,(H,18,20)(H,19,21). The fraction of sp³-hybridized carbons (Fsp3) is 0.500. The van der Waals surface area contributed by atoms with Crippen LogP contribution in [-0.2, 0) is 0 Å². The normalized spacial score (nSPS) is 17.8. The van der Waals surface area contributed by atoms with Gasteiger partial charge in [0.2, 0.25) is 0 Å². The van der Waals surface area contributed by atoms with E-state index in [-0.39, 0.29) is 6.04 Å². The Morgan fingerprint density at radius 3 is 2.48 bits per heavy atom. The molecule has 2 atom stereocenters. The average Bonchev–Trinajstić information content (AvgIpc) is 3.29. The van der Waals surface area contributed by atoms with E-state index in [0.717, 1.165) is 18.0 Å². The SMILES string of the molecule is CCNC(c1ccc2[nH]c(=O)c(=O)[nH]c2c1)C(C)C1CC1. The summed E-state index contributed by atoms with van der Waals surface area (Å²) in [5, 5.41) is 3.55. The van der Waals surface area contributed by atoms with Crippen LogP contribution in [0.4, 0.5) is 0 Å². The minimum absolute atomic E-state index is 0.280. The van der Waals surface area contributed by atoms with E-state index in [2.05, 4.69) is 29.1 Å². The van der Waals surface area contributed by atoms with E-state index < -0.39 is 11.1 Å². The van der Waals surface area contributed by atoms with Gasteiger partial charge in [-0.15, -0.1) is 0 Å². The number of aromatic nitrogens is 2. The zero-order valence-electron chi connectivity index (χ0n) is 12.4. The number of H-pyrrole nitrogens is 2. The third kappa shape index (κ3) is 2.78. The van der Waals surface area contributed by atoms with Crippen LogP contribution in [0.15, 0.2) is 27.8 Å². The molecule has 21 heavy (non-hydrogen) atoms. The largest absolute Gasteiger partial charge is 0.316 e. The molecule has 1 fully saturated rings. The molecule has 5 heteroatoms. The summed E-state index contributed by atoms with van der Waals surface area (Å²) in [6, 6.07) is 6.15. The zero-order chi connectivity index (χ0) is 15.0. The molecular weight excluding hydrogens is 266 g/mol. The van der Waals surface area contributed by atoms with E-state index in [1.54, 1.807) is 0 Å². The van der Waals surface area contributed by atoms with Gasteiger partial charge in [0.05, 0.1) is 11.0 Å². The third-order valence-electron chi connectivity index (χ3n) is 4.42. The van der Waals surface area contributed by atoms with Crippen molar-refractivity contribution >= 4 is 11.0 Å². The van der Waals surface area contributed by atoms with Gasteiger partial charge in [-0.2, -0.15) is 0 Å². The fourth-order valence-electron chi connectivity index (χ4n) is 3.05. The van der Waals surface area contributed by atoms with E-state index in [9.17, 15) is 9.59 Å². The second kappa shape index (κ2) is 5.48. The number of fused-ring (bicyclic) bond motifs is 1. The summed E-state index contributed by atoms with van der Waals surface area (Å²) in [5.74, 6) is 1.36. The number of benzene rings is 1. The molecule has 3 rings (SSSR count). The second-order valence-corrected chi connectivity index (χ2v) is 5.95. The van der Waals surface area contributed by atoms with Crippen LogP contribution in [0.5, 0.6) is 0 Å². The lowest BCUT2D eigenvalue weighted by Crippen LogP contribution is -2.30. The molecular formula is C16H21N3O2. The molecule has 2 aromatic rings. The van der Waals surface area contributed by atoms with Gasteiger partial charge < -0.3 is 15.3 Å². The van der Waals surface area contributed by atoms with E-state index in [1.165, 1.54) is 12.8 Å². The van der Waals surface area contributed by atoms with Crippen LogP contribution in [0.2, 0.25) is 0 Å². The molecule has 1 aliphatic carbocycles. The topological polar surface area (TPSA) is 77.8 Å². The van der Waals surface area contributed by atoms with Gasteiger partial charge >= 0.3 is 11.1 Å². The van der Waals surface area contributed by atoms with Gasteiger partial charge in [-0.3, -0.25) is 9.59 Å². The molecule has 0 aliphatic heterocycles. The summed E-state index contributed by atoms with van der Waals surface area (Å²) < 4.78 is 0. The number of hydrogen-bond acceptors (Lipinski definition) is 3. The zero-order valence-corrected chi connectivity index (χ0v) is 12.4. The molecule has 112 valence electrons. The Labute approximate surface area is 122 Å². The third-order valence-corrected chi connectivity index (χ3v) is 4.42. The fourth-order valence-corrected chi connectivity index (χ4v) is 3.05. The monoisotopic (exact) mass is 287 g/mol.